The normalized spacial score (nSPS) is 11.7. The first-order valence-electron chi connectivity index (χ1n) is 8.33. The van der Waals surface area contributed by atoms with Gasteiger partial charge in [0.15, 0.2) is 5.96 Å². The zero-order valence-electron chi connectivity index (χ0n) is 14.2. The number of guanidine groups is 1. The number of aliphatic imine (C=N–C) groups is 1. The van der Waals surface area contributed by atoms with Crippen LogP contribution in [0.25, 0.3) is 0 Å². The Kier molecular flexibility index (Phi) is 6.66. The van der Waals surface area contributed by atoms with E-state index in [9.17, 15) is 0 Å². The van der Waals surface area contributed by atoms with Gasteiger partial charge < -0.3 is 15.2 Å². The number of nitrogens with zero attached hydrogens (tertiary/aromatic N) is 4. The van der Waals surface area contributed by atoms with Gasteiger partial charge in [0.25, 0.3) is 0 Å². The van der Waals surface area contributed by atoms with Gasteiger partial charge in [-0.15, -0.1) is 0 Å². The van der Waals surface area contributed by atoms with Crippen molar-refractivity contribution in [3.63, 3.8) is 0 Å². The summed E-state index contributed by atoms with van der Waals surface area (Å²) in [5.41, 5.74) is 7.39. The molecule has 2 N–H and O–H groups in total. The highest BCUT2D eigenvalue weighted by Crippen LogP contribution is 2.06. The highest BCUT2D eigenvalue weighted by Gasteiger charge is 2.05. The molecule has 23 heavy (non-hydrogen) atoms. The van der Waals surface area contributed by atoms with Crippen LogP contribution in [0, 0.1) is 0 Å². The number of hydrogen-bond donors (Lipinski definition) is 1. The van der Waals surface area contributed by atoms with Gasteiger partial charge in [-0.25, -0.2) is 9.98 Å². The van der Waals surface area contributed by atoms with E-state index in [1.54, 1.807) is 0 Å². The Bertz CT molecular complexity index is 599. The van der Waals surface area contributed by atoms with Crippen molar-refractivity contribution in [2.45, 2.75) is 39.8 Å². The SMILES string of the molecule is CCN(CC)C(N)=NCc1nccn1CCCc1ccccc1. The largest absolute Gasteiger partial charge is 0.370 e. The monoisotopic (exact) mass is 313 g/mol. The first-order valence-corrected chi connectivity index (χ1v) is 8.33. The molecule has 0 amide bonds. The van der Waals surface area contributed by atoms with Crippen LogP contribution in [0.3, 0.4) is 0 Å². The molecular formula is C18H27N5. The first kappa shape index (κ1) is 17.1. The lowest BCUT2D eigenvalue weighted by molar-refractivity contribution is 0.457. The molecule has 1 aromatic heterocycles. The second-order valence-corrected chi connectivity index (χ2v) is 5.47. The molecule has 0 bridgehead atoms. The Morgan fingerprint density at radius 3 is 2.65 bits per heavy atom. The van der Waals surface area contributed by atoms with Crippen molar-refractivity contribution in [2.75, 3.05) is 13.1 Å². The number of aromatic nitrogens is 2. The van der Waals surface area contributed by atoms with E-state index in [1.165, 1.54) is 5.56 Å². The van der Waals surface area contributed by atoms with Crippen LogP contribution < -0.4 is 5.73 Å². The van der Waals surface area contributed by atoms with Gasteiger partial charge in [0.1, 0.15) is 12.4 Å². The van der Waals surface area contributed by atoms with Crippen LogP contribution >= 0.6 is 0 Å². The van der Waals surface area contributed by atoms with Crippen LogP contribution in [0.1, 0.15) is 31.7 Å². The fraction of sp³-hybridized carbons (Fsp3) is 0.444. The molecule has 0 aliphatic heterocycles. The number of aryl methyl sites for hydroxylation is 2. The smallest absolute Gasteiger partial charge is 0.191 e. The van der Waals surface area contributed by atoms with Crippen LogP contribution in [0.15, 0.2) is 47.7 Å². The van der Waals surface area contributed by atoms with E-state index in [0.717, 1.165) is 38.3 Å². The Balaban J connectivity index is 1.88. The molecule has 0 fully saturated rings. The summed E-state index contributed by atoms with van der Waals surface area (Å²) in [5.74, 6) is 1.56. The fourth-order valence-electron chi connectivity index (χ4n) is 2.59. The summed E-state index contributed by atoms with van der Waals surface area (Å²) >= 11 is 0. The second-order valence-electron chi connectivity index (χ2n) is 5.47. The average Bonchev–Trinajstić information content (AvgIpc) is 3.02. The van der Waals surface area contributed by atoms with Crippen molar-refractivity contribution < 1.29 is 0 Å². The molecule has 0 aliphatic carbocycles. The van der Waals surface area contributed by atoms with Gasteiger partial charge in [0.2, 0.25) is 0 Å². The molecule has 2 rings (SSSR count). The van der Waals surface area contributed by atoms with Gasteiger partial charge >= 0.3 is 0 Å². The zero-order chi connectivity index (χ0) is 16.5. The summed E-state index contributed by atoms with van der Waals surface area (Å²) in [7, 11) is 0. The summed E-state index contributed by atoms with van der Waals surface area (Å²) in [6.07, 6.45) is 6.01. The van der Waals surface area contributed by atoms with Crippen molar-refractivity contribution in [3.05, 3.63) is 54.1 Å². The molecule has 0 spiro atoms. The van der Waals surface area contributed by atoms with Crippen molar-refractivity contribution in [1.82, 2.24) is 14.5 Å². The van der Waals surface area contributed by atoms with Crippen LogP contribution in [0.4, 0.5) is 0 Å². The van der Waals surface area contributed by atoms with Gasteiger partial charge in [0, 0.05) is 32.0 Å². The fourth-order valence-corrected chi connectivity index (χ4v) is 2.59. The summed E-state index contributed by atoms with van der Waals surface area (Å²) in [4.78, 5) is 10.9. The van der Waals surface area contributed by atoms with E-state index in [-0.39, 0.29) is 0 Å². The lowest BCUT2D eigenvalue weighted by atomic mass is 10.1. The Hall–Kier alpha value is -2.30. The Labute approximate surface area is 138 Å². The van der Waals surface area contributed by atoms with Crippen LogP contribution in [0.5, 0.6) is 0 Å². The van der Waals surface area contributed by atoms with Crippen molar-refractivity contribution in [3.8, 4) is 0 Å². The molecule has 5 nitrogen and oxygen atoms in total. The van der Waals surface area contributed by atoms with E-state index in [2.05, 4.69) is 58.7 Å². The van der Waals surface area contributed by atoms with Gasteiger partial charge in [-0.1, -0.05) is 30.3 Å². The topological polar surface area (TPSA) is 59.4 Å². The third-order valence-electron chi connectivity index (χ3n) is 3.98. The maximum Gasteiger partial charge on any atom is 0.191 e. The van der Waals surface area contributed by atoms with Crippen LogP contribution in [-0.4, -0.2) is 33.5 Å². The third-order valence-corrected chi connectivity index (χ3v) is 3.98. The molecule has 0 unspecified atom stereocenters. The molecule has 2 aromatic rings. The second kappa shape index (κ2) is 8.98. The summed E-state index contributed by atoms with van der Waals surface area (Å²) < 4.78 is 2.17. The number of hydrogen-bond acceptors (Lipinski definition) is 2. The van der Waals surface area contributed by atoms with Crippen LogP contribution in [-0.2, 0) is 19.5 Å². The molecule has 1 aromatic carbocycles. The average molecular weight is 313 g/mol. The zero-order valence-corrected chi connectivity index (χ0v) is 14.2. The molecule has 0 atom stereocenters. The number of benzene rings is 1. The standard InChI is InChI=1S/C18H27N5/c1-3-22(4-2)18(19)21-15-17-20-12-14-23(17)13-8-11-16-9-6-5-7-10-16/h5-7,9-10,12,14H,3-4,8,11,13,15H2,1-2H3,(H2,19,21). The molecule has 0 saturated carbocycles. The van der Waals surface area contributed by atoms with Crippen molar-refractivity contribution in [2.24, 2.45) is 10.7 Å². The first-order chi connectivity index (χ1) is 11.2. The van der Waals surface area contributed by atoms with Gasteiger partial charge in [-0.3, -0.25) is 0 Å². The van der Waals surface area contributed by atoms with Crippen molar-refractivity contribution >= 4 is 5.96 Å². The Morgan fingerprint density at radius 1 is 1.22 bits per heavy atom. The molecular weight excluding hydrogens is 286 g/mol. The highest BCUT2D eigenvalue weighted by molar-refractivity contribution is 5.77. The molecule has 0 saturated heterocycles. The maximum atomic E-state index is 6.02. The van der Waals surface area contributed by atoms with E-state index in [4.69, 9.17) is 5.73 Å². The van der Waals surface area contributed by atoms with E-state index in [1.807, 2.05) is 17.3 Å². The summed E-state index contributed by atoms with van der Waals surface area (Å²) in [5, 5.41) is 0. The summed E-state index contributed by atoms with van der Waals surface area (Å²) in [6.45, 7) is 7.38. The van der Waals surface area contributed by atoms with E-state index >= 15 is 0 Å². The van der Waals surface area contributed by atoms with Crippen LogP contribution in [0.2, 0.25) is 0 Å². The molecule has 124 valence electrons. The summed E-state index contributed by atoms with van der Waals surface area (Å²) in [6, 6.07) is 10.6. The third kappa shape index (κ3) is 5.13. The van der Waals surface area contributed by atoms with Gasteiger partial charge in [-0.2, -0.15) is 0 Å². The molecule has 1 heterocycles. The van der Waals surface area contributed by atoms with E-state index in [0.29, 0.717) is 12.5 Å². The minimum Gasteiger partial charge on any atom is -0.370 e. The van der Waals surface area contributed by atoms with E-state index < -0.39 is 0 Å². The quantitative estimate of drug-likeness (QED) is 0.602. The lowest BCUT2D eigenvalue weighted by Crippen LogP contribution is -2.37. The number of nitrogens with two attached hydrogens (primary N) is 1. The Morgan fingerprint density at radius 2 is 1.96 bits per heavy atom. The van der Waals surface area contributed by atoms with Gasteiger partial charge in [0.05, 0.1) is 0 Å². The predicted octanol–water partition coefficient (Wildman–Crippen LogP) is 2.67. The lowest BCUT2D eigenvalue weighted by Gasteiger charge is -2.19. The predicted molar refractivity (Wildman–Crippen MR) is 95.2 cm³/mol. The minimum atomic E-state index is 0.528. The minimum absolute atomic E-state index is 0.528. The van der Waals surface area contributed by atoms with Gasteiger partial charge in [-0.05, 0) is 32.3 Å². The molecule has 0 aliphatic rings. The number of rotatable bonds is 8. The number of imidazole rings is 1. The van der Waals surface area contributed by atoms with Crippen molar-refractivity contribution in [1.29, 1.82) is 0 Å². The highest BCUT2D eigenvalue weighted by atomic mass is 15.2. The molecule has 5 heteroatoms. The maximum absolute atomic E-state index is 6.02. The molecule has 0 radical (unpaired) electrons.